The van der Waals surface area contributed by atoms with Crippen LogP contribution in [0, 0.1) is 0 Å². The first kappa shape index (κ1) is 11.2. The molecule has 0 aliphatic rings. The van der Waals surface area contributed by atoms with E-state index in [-0.39, 0.29) is 0 Å². The van der Waals surface area contributed by atoms with Gasteiger partial charge in [0.2, 0.25) is 0 Å². The summed E-state index contributed by atoms with van der Waals surface area (Å²) in [6.07, 6.45) is 1.75. The molecule has 0 spiro atoms. The number of nitrogens with one attached hydrogen (secondary N) is 1. The molecule has 0 unspecified atom stereocenters. The fraction of sp³-hybridized carbons (Fsp3) is 0.0769. The van der Waals surface area contributed by atoms with Crippen molar-refractivity contribution in [1.82, 2.24) is 15.0 Å². The molecule has 0 aliphatic carbocycles. The topological polar surface area (TPSA) is 50.8 Å². The Hall–Kier alpha value is -1.88. The van der Waals surface area contributed by atoms with Gasteiger partial charge in [-0.15, -0.1) is 0 Å². The van der Waals surface area contributed by atoms with E-state index in [9.17, 15) is 0 Å². The first-order valence-electron chi connectivity index (χ1n) is 5.42. The molecule has 3 rings (SSSR count). The van der Waals surface area contributed by atoms with E-state index in [0.29, 0.717) is 0 Å². The van der Waals surface area contributed by atoms with Crippen LogP contribution in [-0.2, 0) is 0 Å². The highest BCUT2D eigenvalue weighted by Crippen LogP contribution is 2.23. The number of fused-ring (bicyclic) bond motifs is 1. The number of hydrogen-bond donors (Lipinski definition) is 1. The number of H-pyrrole nitrogens is 1. The summed E-state index contributed by atoms with van der Waals surface area (Å²) in [6, 6.07) is 9.59. The molecule has 0 atom stereocenters. The van der Waals surface area contributed by atoms with Gasteiger partial charge >= 0.3 is 0 Å². The number of benzene rings is 1. The Kier molecular flexibility index (Phi) is 2.76. The quantitative estimate of drug-likeness (QED) is 0.789. The standard InChI is InChI=1S/C13H10BrN3O/c1-18-9-3-5-10-12(6-9)17-13(16-10)11-4-2-8(14)7-15-11/h2-7H,1H3,(H,16,17). The fourth-order valence-corrected chi connectivity index (χ4v) is 1.99. The lowest BCUT2D eigenvalue weighted by Crippen LogP contribution is -1.84. The minimum absolute atomic E-state index is 0.755. The van der Waals surface area contributed by atoms with E-state index in [2.05, 4.69) is 30.9 Å². The van der Waals surface area contributed by atoms with Crippen molar-refractivity contribution in [2.75, 3.05) is 7.11 Å². The summed E-state index contributed by atoms with van der Waals surface area (Å²) < 4.78 is 6.13. The maximum Gasteiger partial charge on any atom is 0.157 e. The number of halogens is 1. The second-order valence-electron chi connectivity index (χ2n) is 3.83. The first-order valence-corrected chi connectivity index (χ1v) is 6.21. The van der Waals surface area contributed by atoms with Gasteiger partial charge in [-0.05, 0) is 40.2 Å². The lowest BCUT2D eigenvalue weighted by molar-refractivity contribution is 0.415. The molecule has 1 N–H and O–H groups in total. The SMILES string of the molecule is COc1ccc2nc(-c3ccc(Br)cn3)[nH]c2c1. The number of hydrogen-bond acceptors (Lipinski definition) is 3. The zero-order chi connectivity index (χ0) is 12.5. The molecule has 4 nitrogen and oxygen atoms in total. The number of pyridine rings is 1. The van der Waals surface area contributed by atoms with Gasteiger partial charge in [0.05, 0.1) is 18.1 Å². The highest BCUT2D eigenvalue weighted by Gasteiger charge is 2.07. The maximum absolute atomic E-state index is 5.18. The van der Waals surface area contributed by atoms with Gasteiger partial charge in [0, 0.05) is 16.7 Å². The van der Waals surface area contributed by atoms with Gasteiger partial charge in [0.15, 0.2) is 5.82 Å². The summed E-state index contributed by atoms with van der Waals surface area (Å²) >= 11 is 3.36. The smallest absolute Gasteiger partial charge is 0.157 e. The van der Waals surface area contributed by atoms with Crippen LogP contribution in [0.1, 0.15) is 0 Å². The molecule has 1 aromatic carbocycles. The number of nitrogens with zero attached hydrogens (tertiary/aromatic N) is 2. The number of rotatable bonds is 2. The normalized spacial score (nSPS) is 10.8. The average molecular weight is 304 g/mol. The number of imidazole rings is 1. The lowest BCUT2D eigenvalue weighted by atomic mass is 10.3. The zero-order valence-electron chi connectivity index (χ0n) is 9.64. The van der Waals surface area contributed by atoms with E-state index in [4.69, 9.17) is 4.74 Å². The Morgan fingerprint density at radius 2 is 2.11 bits per heavy atom. The Bertz CT molecular complexity index is 691. The molecule has 3 aromatic rings. The molecule has 0 radical (unpaired) electrons. The summed E-state index contributed by atoms with van der Waals surface area (Å²) in [6.45, 7) is 0. The van der Waals surface area contributed by atoms with Crippen molar-refractivity contribution in [3.05, 3.63) is 41.0 Å². The van der Waals surface area contributed by atoms with Crippen LogP contribution in [-0.4, -0.2) is 22.1 Å². The van der Waals surface area contributed by atoms with Crippen molar-refractivity contribution in [2.45, 2.75) is 0 Å². The second kappa shape index (κ2) is 4.42. The number of aromatic amines is 1. The summed E-state index contributed by atoms with van der Waals surface area (Å²) in [5, 5.41) is 0. The molecule has 90 valence electrons. The molecule has 0 bridgehead atoms. The van der Waals surface area contributed by atoms with E-state index in [1.54, 1.807) is 13.3 Å². The first-order chi connectivity index (χ1) is 8.76. The second-order valence-corrected chi connectivity index (χ2v) is 4.75. The molecular weight excluding hydrogens is 294 g/mol. The van der Waals surface area contributed by atoms with E-state index in [1.165, 1.54) is 0 Å². The van der Waals surface area contributed by atoms with Crippen LogP contribution in [0.5, 0.6) is 5.75 Å². The monoisotopic (exact) mass is 303 g/mol. The van der Waals surface area contributed by atoms with Crippen LogP contribution in [0.15, 0.2) is 41.0 Å². The van der Waals surface area contributed by atoms with Crippen molar-refractivity contribution in [3.8, 4) is 17.3 Å². The molecule has 18 heavy (non-hydrogen) atoms. The Morgan fingerprint density at radius 1 is 1.22 bits per heavy atom. The van der Waals surface area contributed by atoms with Crippen molar-refractivity contribution in [2.24, 2.45) is 0 Å². The molecular formula is C13H10BrN3O. The fourth-order valence-electron chi connectivity index (χ4n) is 1.75. The summed E-state index contributed by atoms with van der Waals surface area (Å²) in [5.41, 5.74) is 2.65. The van der Waals surface area contributed by atoms with E-state index in [1.807, 2.05) is 30.3 Å². The van der Waals surface area contributed by atoms with E-state index >= 15 is 0 Å². The van der Waals surface area contributed by atoms with Crippen molar-refractivity contribution in [3.63, 3.8) is 0 Å². The molecule has 0 aliphatic heterocycles. The van der Waals surface area contributed by atoms with Crippen LogP contribution in [0.3, 0.4) is 0 Å². The van der Waals surface area contributed by atoms with E-state index in [0.717, 1.165) is 32.8 Å². The molecule has 2 aromatic heterocycles. The zero-order valence-corrected chi connectivity index (χ0v) is 11.2. The van der Waals surface area contributed by atoms with Crippen molar-refractivity contribution < 1.29 is 4.74 Å². The van der Waals surface area contributed by atoms with Crippen LogP contribution < -0.4 is 4.74 Å². The number of aromatic nitrogens is 3. The van der Waals surface area contributed by atoms with Crippen molar-refractivity contribution in [1.29, 1.82) is 0 Å². The minimum atomic E-state index is 0.755. The largest absolute Gasteiger partial charge is 0.497 e. The van der Waals surface area contributed by atoms with Gasteiger partial charge in [-0.3, -0.25) is 4.98 Å². The molecule has 0 saturated heterocycles. The lowest BCUT2D eigenvalue weighted by Gasteiger charge is -1.96. The summed E-state index contributed by atoms with van der Waals surface area (Å²) in [7, 11) is 1.65. The minimum Gasteiger partial charge on any atom is -0.497 e. The van der Waals surface area contributed by atoms with Gasteiger partial charge in [0.25, 0.3) is 0 Å². The van der Waals surface area contributed by atoms with Crippen LogP contribution in [0.4, 0.5) is 0 Å². The number of ether oxygens (including phenoxy) is 1. The average Bonchev–Trinajstić information content (AvgIpc) is 2.82. The number of methoxy groups -OCH3 is 1. The Balaban J connectivity index is 2.10. The predicted octanol–water partition coefficient (Wildman–Crippen LogP) is 3.40. The van der Waals surface area contributed by atoms with Crippen LogP contribution in [0.2, 0.25) is 0 Å². The molecule has 5 heteroatoms. The molecule has 0 saturated carbocycles. The van der Waals surface area contributed by atoms with Gasteiger partial charge in [0.1, 0.15) is 11.4 Å². The summed E-state index contributed by atoms with van der Waals surface area (Å²) in [4.78, 5) is 12.1. The molecule has 2 heterocycles. The van der Waals surface area contributed by atoms with Crippen LogP contribution in [0.25, 0.3) is 22.6 Å². The maximum atomic E-state index is 5.18. The van der Waals surface area contributed by atoms with Gasteiger partial charge in [-0.2, -0.15) is 0 Å². The van der Waals surface area contributed by atoms with Gasteiger partial charge in [-0.25, -0.2) is 4.98 Å². The van der Waals surface area contributed by atoms with Gasteiger partial charge < -0.3 is 9.72 Å². The Morgan fingerprint density at radius 3 is 2.83 bits per heavy atom. The highest BCUT2D eigenvalue weighted by molar-refractivity contribution is 9.10. The predicted molar refractivity (Wildman–Crippen MR) is 73.6 cm³/mol. The molecule has 0 amide bonds. The van der Waals surface area contributed by atoms with Gasteiger partial charge in [-0.1, -0.05) is 0 Å². The third-order valence-electron chi connectivity index (χ3n) is 2.66. The van der Waals surface area contributed by atoms with Crippen molar-refractivity contribution >= 4 is 27.0 Å². The Labute approximate surface area is 112 Å². The molecule has 0 fully saturated rings. The van der Waals surface area contributed by atoms with Crippen LogP contribution >= 0.6 is 15.9 Å². The van der Waals surface area contributed by atoms with E-state index < -0.39 is 0 Å². The third-order valence-corrected chi connectivity index (χ3v) is 3.13. The summed E-state index contributed by atoms with van der Waals surface area (Å²) in [5.74, 6) is 1.56. The third kappa shape index (κ3) is 1.97. The highest BCUT2D eigenvalue weighted by atomic mass is 79.9.